The lowest BCUT2D eigenvalue weighted by atomic mass is 10.1. The first-order valence-corrected chi connectivity index (χ1v) is 15.6. The number of anilines is 1. The molecule has 3 aromatic carbocycles. The summed E-state index contributed by atoms with van der Waals surface area (Å²) >= 11 is 12.3. The van der Waals surface area contributed by atoms with E-state index in [1.807, 2.05) is 13.8 Å². The highest BCUT2D eigenvalue weighted by molar-refractivity contribution is 7.92. The second kappa shape index (κ2) is 14.7. The Kier molecular flexibility index (Phi) is 11.6. The molecule has 0 unspecified atom stereocenters. The number of nitrogens with one attached hydrogen (secondary N) is 1. The van der Waals surface area contributed by atoms with Crippen LogP contribution in [0.4, 0.5) is 10.1 Å². The van der Waals surface area contributed by atoms with E-state index in [0.717, 1.165) is 16.4 Å². The van der Waals surface area contributed by atoms with Gasteiger partial charge in [0.15, 0.2) is 0 Å². The van der Waals surface area contributed by atoms with Crippen molar-refractivity contribution >= 4 is 50.7 Å². The Hall–Kier alpha value is -3.34. The first-order valence-electron chi connectivity index (χ1n) is 13.4. The Balaban J connectivity index is 2.03. The number of nitrogens with zero attached hydrogens (tertiary/aromatic N) is 2. The maximum Gasteiger partial charge on any atom is 0.264 e. The standard InChI is InChI=1S/C30H34Cl2FN3O5S/c1-5-20(3)34-30(38)21(4)35(18-22-7-16-27(31)28(32)17-22)29(37)19-36(24-10-8-23(33)9-11-24)42(39,40)26-14-12-25(13-15-26)41-6-2/h7-17,20-21H,5-6,18-19H2,1-4H3,(H,34,38)/t20-,21-/m0/s1. The molecule has 0 fully saturated rings. The van der Waals surface area contributed by atoms with E-state index in [2.05, 4.69) is 5.32 Å². The maximum absolute atomic E-state index is 14.0. The number of benzene rings is 3. The zero-order chi connectivity index (χ0) is 31.0. The van der Waals surface area contributed by atoms with Gasteiger partial charge in [-0.2, -0.15) is 0 Å². The molecule has 0 radical (unpaired) electrons. The Morgan fingerprint density at radius 3 is 2.17 bits per heavy atom. The third kappa shape index (κ3) is 8.36. The third-order valence-electron chi connectivity index (χ3n) is 6.62. The minimum atomic E-state index is -4.31. The molecule has 2 amide bonds. The Morgan fingerprint density at radius 1 is 0.952 bits per heavy atom. The van der Waals surface area contributed by atoms with Crippen LogP contribution in [0, 0.1) is 5.82 Å². The predicted molar refractivity (Wildman–Crippen MR) is 163 cm³/mol. The van der Waals surface area contributed by atoms with Gasteiger partial charge in [0.05, 0.1) is 27.2 Å². The van der Waals surface area contributed by atoms with Crippen molar-refractivity contribution in [1.29, 1.82) is 0 Å². The van der Waals surface area contributed by atoms with E-state index in [0.29, 0.717) is 29.4 Å². The highest BCUT2D eigenvalue weighted by Gasteiger charge is 2.33. The van der Waals surface area contributed by atoms with Gasteiger partial charge in [0, 0.05) is 12.6 Å². The van der Waals surface area contributed by atoms with Crippen LogP contribution in [0.25, 0.3) is 0 Å². The van der Waals surface area contributed by atoms with Gasteiger partial charge in [-0.05, 0) is 93.4 Å². The van der Waals surface area contributed by atoms with Gasteiger partial charge in [0.25, 0.3) is 10.0 Å². The first kappa shape index (κ1) is 33.2. The van der Waals surface area contributed by atoms with Crippen LogP contribution < -0.4 is 14.4 Å². The molecule has 8 nitrogen and oxygen atoms in total. The minimum Gasteiger partial charge on any atom is -0.494 e. The zero-order valence-electron chi connectivity index (χ0n) is 23.8. The van der Waals surface area contributed by atoms with Crippen molar-refractivity contribution < 1.29 is 27.1 Å². The van der Waals surface area contributed by atoms with Crippen LogP contribution in [0.1, 0.15) is 39.7 Å². The minimum absolute atomic E-state index is 0.0504. The van der Waals surface area contributed by atoms with E-state index in [9.17, 15) is 22.4 Å². The van der Waals surface area contributed by atoms with Crippen molar-refractivity contribution in [2.75, 3.05) is 17.5 Å². The molecule has 3 rings (SSSR count). The summed E-state index contributed by atoms with van der Waals surface area (Å²) in [6.45, 7) is 6.82. The second-order valence-corrected chi connectivity index (χ2v) is 12.3. The molecular formula is C30H34Cl2FN3O5S. The molecule has 0 bridgehead atoms. The van der Waals surface area contributed by atoms with Gasteiger partial charge in [0.2, 0.25) is 11.8 Å². The first-order chi connectivity index (χ1) is 19.9. The van der Waals surface area contributed by atoms with Crippen molar-refractivity contribution in [2.24, 2.45) is 0 Å². The van der Waals surface area contributed by atoms with E-state index < -0.39 is 40.2 Å². The molecule has 3 aromatic rings. The van der Waals surface area contributed by atoms with Gasteiger partial charge >= 0.3 is 0 Å². The van der Waals surface area contributed by atoms with Crippen LogP contribution >= 0.6 is 23.2 Å². The lowest BCUT2D eigenvalue weighted by molar-refractivity contribution is -0.139. The van der Waals surface area contributed by atoms with Gasteiger partial charge < -0.3 is 15.0 Å². The Morgan fingerprint density at radius 2 is 1.60 bits per heavy atom. The summed E-state index contributed by atoms with van der Waals surface area (Å²) in [5.41, 5.74) is 0.661. The van der Waals surface area contributed by atoms with Gasteiger partial charge in [-0.1, -0.05) is 36.2 Å². The van der Waals surface area contributed by atoms with Gasteiger partial charge in [0.1, 0.15) is 24.2 Å². The molecule has 0 spiro atoms. The SMILES string of the molecule is CCOc1ccc(S(=O)(=O)N(CC(=O)N(Cc2ccc(Cl)c(Cl)c2)[C@@H](C)C(=O)N[C@@H](C)CC)c2ccc(F)cc2)cc1. The van der Waals surface area contributed by atoms with E-state index >= 15 is 0 Å². The Labute approximate surface area is 256 Å². The molecule has 0 heterocycles. The molecule has 0 aromatic heterocycles. The molecule has 1 N–H and O–H groups in total. The zero-order valence-corrected chi connectivity index (χ0v) is 26.1. The fraction of sp³-hybridized carbons (Fsp3) is 0.333. The Bertz CT molecular complexity index is 1490. The summed E-state index contributed by atoms with van der Waals surface area (Å²) < 4.78 is 47.9. The maximum atomic E-state index is 14.0. The molecular weight excluding hydrogens is 604 g/mol. The number of hydrogen-bond donors (Lipinski definition) is 1. The van der Waals surface area contributed by atoms with Gasteiger partial charge in [-0.25, -0.2) is 12.8 Å². The summed E-state index contributed by atoms with van der Waals surface area (Å²) in [6, 6.07) is 14.3. The normalized spacial score (nSPS) is 12.7. The van der Waals surface area contributed by atoms with Crippen molar-refractivity contribution in [3.05, 3.63) is 88.2 Å². The number of amides is 2. The van der Waals surface area contributed by atoms with Crippen molar-refractivity contribution in [3.63, 3.8) is 0 Å². The fourth-order valence-corrected chi connectivity index (χ4v) is 5.76. The van der Waals surface area contributed by atoms with Crippen LogP contribution in [-0.2, 0) is 26.2 Å². The molecule has 2 atom stereocenters. The molecule has 0 saturated heterocycles. The van der Waals surface area contributed by atoms with Crippen molar-refractivity contribution in [1.82, 2.24) is 10.2 Å². The summed E-state index contributed by atoms with van der Waals surface area (Å²) in [5.74, 6) is -1.15. The number of ether oxygens (including phenoxy) is 1. The molecule has 0 saturated carbocycles. The molecule has 0 aliphatic carbocycles. The van der Waals surface area contributed by atoms with E-state index in [1.165, 1.54) is 41.3 Å². The van der Waals surface area contributed by atoms with Crippen molar-refractivity contribution in [3.8, 4) is 5.75 Å². The van der Waals surface area contributed by atoms with Crippen LogP contribution in [-0.4, -0.2) is 50.4 Å². The number of carbonyl (C=O) groups is 2. The van der Waals surface area contributed by atoms with Crippen LogP contribution in [0.15, 0.2) is 71.6 Å². The number of halogens is 3. The van der Waals surface area contributed by atoms with E-state index in [4.69, 9.17) is 27.9 Å². The lowest BCUT2D eigenvalue weighted by Gasteiger charge is -2.32. The predicted octanol–water partition coefficient (Wildman–Crippen LogP) is 6.06. The third-order valence-corrected chi connectivity index (χ3v) is 9.15. The molecule has 42 heavy (non-hydrogen) atoms. The lowest BCUT2D eigenvalue weighted by Crippen LogP contribution is -2.52. The van der Waals surface area contributed by atoms with Crippen LogP contribution in [0.2, 0.25) is 10.0 Å². The summed E-state index contributed by atoms with van der Waals surface area (Å²) in [7, 11) is -4.31. The van der Waals surface area contributed by atoms with Crippen LogP contribution in [0.3, 0.4) is 0 Å². The highest BCUT2D eigenvalue weighted by atomic mass is 35.5. The average molecular weight is 639 g/mol. The fourth-order valence-electron chi connectivity index (χ4n) is 4.02. The quantitative estimate of drug-likeness (QED) is 0.246. The summed E-state index contributed by atoms with van der Waals surface area (Å²) in [5, 5.41) is 3.46. The van der Waals surface area contributed by atoms with Gasteiger partial charge in [-0.3, -0.25) is 13.9 Å². The van der Waals surface area contributed by atoms with Gasteiger partial charge in [-0.15, -0.1) is 0 Å². The molecule has 12 heteroatoms. The van der Waals surface area contributed by atoms with Crippen molar-refractivity contribution in [2.45, 2.75) is 57.6 Å². The molecule has 0 aliphatic rings. The number of carbonyl (C=O) groups excluding carboxylic acids is 2. The second-order valence-electron chi connectivity index (χ2n) is 9.66. The smallest absolute Gasteiger partial charge is 0.264 e. The summed E-state index contributed by atoms with van der Waals surface area (Å²) in [4.78, 5) is 28.3. The number of hydrogen-bond acceptors (Lipinski definition) is 5. The number of rotatable bonds is 13. The molecule has 0 aliphatic heterocycles. The number of sulfonamides is 1. The molecule has 226 valence electrons. The largest absolute Gasteiger partial charge is 0.494 e. The highest BCUT2D eigenvalue weighted by Crippen LogP contribution is 2.27. The monoisotopic (exact) mass is 637 g/mol. The van der Waals surface area contributed by atoms with Crippen LogP contribution in [0.5, 0.6) is 5.75 Å². The summed E-state index contributed by atoms with van der Waals surface area (Å²) in [6.07, 6.45) is 0.678. The topological polar surface area (TPSA) is 96.0 Å². The van der Waals surface area contributed by atoms with E-state index in [1.54, 1.807) is 32.0 Å². The average Bonchev–Trinajstić information content (AvgIpc) is 2.96. The van der Waals surface area contributed by atoms with E-state index in [-0.39, 0.29) is 28.2 Å².